The summed E-state index contributed by atoms with van der Waals surface area (Å²) in [6.07, 6.45) is 2.67. The van der Waals surface area contributed by atoms with E-state index in [1.807, 2.05) is 0 Å². The first-order valence-electron chi connectivity index (χ1n) is 5.93. The summed E-state index contributed by atoms with van der Waals surface area (Å²) in [6.45, 7) is 9.51. The second-order valence-electron chi connectivity index (χ2n) is 5.18. The van der Waals surface area contributed by atoms with Crippen LogP contribution in [0.3, 0.4) is 0 Å². The summed E-state index contributed by atoms with van der Waals surface area (Å²) in [6, 6.07) is 1.52. The minimum atomic E-state index is 0.711. The lowest BCUT2D eigenvalue weighted by Crippen LogP contribution is -2.46. The summed E-state index contributed by atoms with van der Waals surface area (Å²) in [4.78, 5) is 5.02. The van der Waals surface area contributed by atoms with Crippen LogP contribution in [0.2, 0.25) is 0 Å². The summed E-state index contributed by atoms with van der Waals surface area (Å²) in [5.74, 6) is 0.764. The molecule has 1 unspecified atom stereocenters. The zero-order valence-electron chi connectivity index (χ0n) is 10.5. The highest BCUT2D eigenvalue weighted by atomic mass is 15.2. The van der Waals surface area contributed by atoms with Gasteiger partial charge in [0.15, 0.2) is 0 Å². The molecule has 0 bridgehead atoms. The van der Waals surface area contributed by atoms with Crippen LogP contribution < -0.4 is 0 Å². The van der Waals surface area contributed by atoms with Gasteiger partial charge < -0.3 is 9.80 Å². The molecule has 1 fully saturated rings. The van der Waals surface area contributed by atoms with Crippen LogP contribution in [0.1, 0.15) is 33.6 Å². The molecule has 1 saturated heterocycles. The lowest BCUT2D eigenvalue weighted by molar-refractivity contribution is 0.0940. The molecule has 0 aromatic rings. The lowest BCUT2D eigenvalue weighted by Gasteiger charge is -2.39. The minimum Gasteiger partial charge on any atom is -0.306 e. The lowest BCUT2D eigenvalue weighted by atomic mass is 9.98. The summed E-state index contributed by atoms with van der Waals surface area (Å²) in [5.41, 5.74) is 0. The molecule has 0 N–H and O–H groups in total. The maximum Gasteiger partial charge on any atom is 0.0119 e. The Morgan fingerprint density at radius 3 is 2.07 bits per heavy atom. The molecule has 0 radical (unpaired) electrons. The smallest absolute Gasteiger partial charge is 0.0119 e. The van der Waals surface area contributed by atoms with Gasteiger partial charge in [-0.1, -0.05) is 13.8 Å². The second-order valence-corrected chi connectivity index (χ2v) is 5.18. The van der Waals surface area contributed by atoms with Gasteiger partial charge in [0, 0.05) is 12.1 Å². The van der Waals surface area contributed by atoms with Crippen molar-refractivity contribution in [3.05, 3.63) is 0 Å². The van der Waals surface area contributed by atoms with Crippen LogP contribution in [0.15, 0.2) is 0 Å². The Morgan fingerprint density at radius 1 is 1.14 bits per heavy atom. The van der Waals surface area contributed by atoms with Gasteiger partial charge in [-0.25, -0.2) is 0 Å². The Hall–Kier alpha value is -0.0800. The van der Waals surface area contributed by atoms with Crippen molar-refractivity contribution in [1.82, 2.24) is 9.80 Å². The normalized spacial score (nSPS) is 23.4. The number of hydrogen-bond donors (Lipinski definition) is 0. The fourth-order valence-corrected chi connectivity index (χ4v) is 2.21. The largest absolute Gasteiger partial charge is 0.306 e. The van der Waals surface area contributed by atoms with Gasteiger partial charge in [0.05, 0.1) is 0 Å². The molecule has 0 amide bonds. The second kappa shape index (κ2) is 5.13. The van der Waals surface area contributed by atoms with Gasteiger partial charge in [-0.05, 0) is 52.9 Å². The molecule has 0 saturated carbocycles. The van der Waals surface area contributed by atoms with E-state index in [9.17, 15) is 0 Å². The van der Waals surface area contributed by atoms with Crippen LogP contribution in [0.5, 0.6) is 0 Å². The van der Waals surface area contributed by atoms with E-state index in [1.54, 1.807) is 0 Å². The van der Waals surface area contributed by atoms with Gasteiger partial charge >= 0.3 is 0 Å². The Bertz CT molecular complexity index is 160. The van der Waals surface area contributed by atoms with Gasteiger partial charge in [0.25, 0.3) is 0 Å². The molecular formula is C12H26N2. The van der Waals surface area contributed by atoms with Gasteiger partial charge in [-0.3, -0.25) is 0 Å². The summed E-state index contributed by atoms with van der Waals surface area (Å²) < 4.78 is 0. The number of rotatable bonds is 3. The molecule has 2 heteroatoms. The highest BCUT2D eigenvalue weighted by Crippen LogP contribution is 2.19. The minimum absolute atomic E-state index is 0.711. The van der Waals surface area contributed by atoms with Crippen LogP contribution in [0, 0.1) is 5.92 Å². The van der Waals surface area contributed by atoms with Crippen molar-refractivity contribution in [2.75, 3.05) is 27.2 Å². The molecule has 0 aromatic carbocycles. The summed E-state index contributed by atoms with van der Waals surface area (Å²) in [7, 11) is 4.52. The molecule has 1 atom stereocenters. The predicted octanol–water partition coefficient (Wildman–Crippen LogP) is 2.06. The maximum atomic E-state index is 2.58. The zero-order chi connectivity index (χ0) is 10.7. The van der Waals surface area contributed by atoms with E-state index in [0.29, 0.717) is 6.04 Å². The molecule has 84 valence electrons. The van der Waals surface area contributed by atoms with E-state index >= 15 is 0 Å². The quantitative estimate of drug-likeness (QED) is 0.685. The number of piperidine rings is 1. The third-order valence-corrected chi connectivity index (χ3v) is 3.87. The molecule has 0 spiro atoms. The van der Waals surface area contributed by atoms with E-state index in [-0.39, 0.29) is 0 Å². The Balaban J connectivity index is 2.41. The third-order valence-electron chi connectivity index (χ3n) is 3.87. The number of likely N-dealkylation sites (tertiary alicyclic amines) is 1. The number of hydrogen-bond acceptors (Lipinski definition) is 2. The van der Waals surface area contributed by atoms with Crippen molar-refractivity contribution < 1.29 is 0 Å². The molecule has 1 aliphatic rings. The van der Waals surface area contributed by atoms with E-state index in [4.69, 9.17) is 0 Å². The molecule has 14 heavy (non-hydrogen) atoms. The van der Waals surface area contributed by atoms with Crippen LogP contribution in [-0.4, -0.2) is 49.1 Å². The van der Waals surface area contributed by atoms with Crippen molar-refractivity contribution >= 4 is 0 Å². The first-order chi connectivity index (χ1) is 6.52. The topological polar surface area (TPSA) is 6.48 Å². The Labute approximate surface area is 89.3 Å². The van der Waals surface area contributed by atoms with Crippen LogP contribution in [-0.2, 0) is 0 Å². The van der Waals surface area contributed by atoms with Crippen molar-refractivity contribution in [2.24, 2.45) is 5.92 Å². The van der Waals surface area contributed by atoms with Crippen molar-refractivity contribution in [3.63, 3.8) is 0 Å². The van der Waals surface area contributed by atoms with Crippen molar-refractivity contribution in [2.45, 2.75) is 45.7 Å². The number of nitrogens with zero attached hydrogens (tertiary/aromatic N) is 2. The highest BCUT2D eigenvalue weighted by molar-refractivity contribution is 4.80. The first-order valence-corrected chi connectivity index (χ1v) is 5.93. The Morgan fingerprint density at radius 2 is 1.64 bits per heavy atom. The predicted molar refractivity (Wildman–Crippen MR) is 62.6 cm³/mol. The van der Waals surface area contributed by atoms with Gasteiger partial charge in [-0.2, -0.15) is 0 Å². The average Bonchev–Trinajstić information content (AvgIpc) is 2.16. The van der Waals surface area contributed by atoms with Gasteiger partial charge in [0.2, 0.25) is 0 Å². The molecule has 1 heterocycles. The molecular weight excluding hydrogens is 172 g/mol. The average molecular weight is 198 g/mol. The Kier molecular flexibility index (Phi) is 4.39. The molecule has 1 rings (SSSR count). The van der Waals surface area contributed by atoms with Crippen LogP contribution >= 0.6 is 0 Å². The van der Waals surface area contributed by atoms with Crippen molar-refractivity contribution in [1.29, 1.82) is 0 Å². The summed E-state index contributed by atoms with van der Waals surface area (Å²) >= 11 is 0. The SMILES string of the molecule is CC(C)C(C)N(C)C1CCN(C)CC1. The third kappa shape index (κ3) is 2.96. The van der Waals surface area contributed by atoms with Crippen LogP contribution in [0.4, 0.5) is 0 Å². The zero-order valence-corrected chi connectivity index (χ0v) is 10.5. The molecule has 1 aliphatic heterocycles. The van der Waals surface area contributed by atoms with E-state index in [0.717, 1.165) is 12.0 Å². The monoisotopic (exact) mass is 198 g/mol. The van der Waals surface area contributed by atoms with E-state index in [1.165, 1.54) is 25.9 Å². The van der Waals surface area contributed by atoms with E-state index < -0.39 is 0 Å². The van der Waals surface area contributed by atoms with Gasteiger partial charge in [0.1, 0.15) is 0 Å². The molecule has 2 nitrogen and oxygen atoms in total. The standard InChI is InChI=1S/C12H26N2/c1-10(2)11(3)14(5)12-6-8-13(4)9-7-12/h10-12H,6-9H2,1-5H3. The van der Waals surface area contributed by atoms with Gasteiger partial charge in [-0.15, -0.1) is 0 Å². The summed E-state index contributed by atoms with van der Waals surface area (Å²) in [5, 5.41) is 0. The highest BCUT2D eigenvalue weighted by Gasteiger charge is 2.24. The van der Waals surface area contributed by atoms with Crippen LogP contribution in [0.25, 0.3) is 0 Å². The van der Waals surface area contributed by atoms with Crippen molar-refractivity contribution in [3.8, 4) is 0 Å². The maximum absolute atomic E-state index is 2.58. The van der Waals surface area contributed by atoms with E-state index in [2.05, 4.69) is 44.7 Å². The fourth-order valence-electron chi connectivity index (χ4n) is 2.21. The molecule has 0 aliphatic carbocycles. The fraction of sp³-hybridized carbons (Fsp3) is 1.00. The first kappa shape index (κ1) is 12.0. The molecule has 0 aromatic heterocycles.